The quantitative estimate of drug-likeness (QED) is 0.755. The number of rotatable bonds is 1. The molecule has 21 heavy (non-hydrogen) atoms. The van der Waals surface area contributed by atoms with Crippen molar-refractivity contribution in [3.05, 3.63) is 11.6 Å². The molecular formula is C18H28O3. The smallest absolute Gasteiger partial charge is 0.163 e. The Morgan fingerprint density at radius 3 is 2.52 bits per heavy atom. The summed E-state index contributed by atoms with van der Waals surface area (Å²) in [6.07, 6.45) is 5.09. The normalized spacial score (nSPS) is 52.5. The van der Waals surface area contributed by atoms with Crippen molar-refractivity contribution < 1.29 is 14.6 Å². The maximum Gasteiger partial charge on any atom is 0.163 e. The van der Waals surface area contributed by atoms with Gasteiger partial charge in [-0.3, -0.25) is 0 Å². The number of hydrogen-bond acceptors (Lipinski definition) is 3. The molecule has 4 aliphatic carbocycles. The van der Waals surface area contributed by atoms with Crippen LogP contribution in [0.1, 0.15) is 47.5 Å². The van der Waals surface area contributed by atoms with Gasteiger partial charge in [0.05, 0.1) is 18.8 Å². The fourth-order valence-electron chi connectivity index (χ4n) is 5.98. The van der Waals surface area contributed by atoms with Crippen LogP contribution in [0.3, 0.4) is 0 Å². The average molecular weight is 292 g/mol. The van der Waals surface area contributed by atoms with Gasteiger partial charge in [-0.25, -0.2) is 0 Å². The Hall–Kier alpha value is -0.380. The molecule has 2 bridgehead atoms. The van der Waals surface area contributed by atoms with Crippen molar-refractivity contribution in [2.24, 2.45) is 28.6 Å². The summed E-state index contributed by atoms with van der Waals surface area (Å²) in [5.41, 5.74) is 1.59. The summed E-state index contributed by atoms with van der Waals surface area (Å²) in [4.78, 5) is 0. The monoisotopic (exact) mass is 292 g/mol. The van der Waals surface area contributed by atoms with Gasteiger partial charge in [0.1, 0.15) is 0 Å². The predicted octanol–water partition coefficient (Wildman–Crippen LogP) is 3.13. The Morgan fingerprint density at radius 2 is 1.86 bits per heavy atom. The molecule has 5 rings (SSSR count). The first-order chi connectivity index (χ1) is 9.67. The van der Waals surface area contributed by atoms with Crippen LogP contribution in [0.15, 0.2) is 11.6 Å². The zero-order valence-corrected chi connectivity index (χ0v) is 13.8. The van der Waals surface area contributed by atoms with Gasteiger partial charge in [0, 0.05) is 11.3 Å². The molecule has 2 saturated carbocycles. The summed E-state index contributed by atoms with van der Waals surface area (Å²) in [6.45, 7) is 11.3. The van der Waals surface area contributed by atoms with Crippen molar-refractivity contribution >= 4 is 0 Å². The third-order valence-corrected chi connectivity index (χ3v) is 6.54. The van der Waals surface area contributed by atoms with E-state index in [4.69, 9.17) is 9.47 Å². The van der Waals surface area contributed by atoms with Gasteiger partial charge < -0.3 is 14.6 Å². The molecule has 0 aromatic carbocycles. The van der Waals surface area contributed by atoms with E-state index in [9.17, 15) is 5.11 Å². The van der Waals surface area contributed by atoms with Crippen LogP contribution in [0.25, 0.3) is 0 Å². The second-order valence-electron chi connectivity index (χ2n) is 9.13. The molecule has 0 unspecified atom stereocenters. The molecular weight excluding hydrogens is 264 g/mol. The molecule has 0 aromatic rings. The minimum Gasteiger partial charge on any atom is -0.392 e. The first-order valence-electron chi connectivity index (χ1n) is 8.35. The van der Waals surface area contributed by atoms with E-state index in [-0.39, 0.29) is 24.2 Å². The van der Waals surface area contributed by atoms with Crippen LogP contribution in [-0.4, -0.2) is 29.7 Å². The highest BCUT2D eigenvalue weighted by Crippen LogP contribution is 2.67. The van der Waals surface area contributed by atoms with E-state index in [0.717, 1.165) is 0 Å². The van der Waals surface area contributed by atoms with Crippen LogP contribution < -0.4 is 0 Å². The van der Waals surface area contributed by atoms with Crippen molar-refractivity contribution in [1.29, 1.82) is 0 Å². The second kappa shape index (κ2) is 3.93. The molecule has 1 N–H and O–H groups in total. The van der Waals surface area contributed by atoms with Gasteiger partial charge in [-0.15, -0.1) is 0 Å². The van der Waals surface area contributed by atoms with Crippen LogP contribution >= 0.6 is 0 Å². The molecule has 1 heterocycles. The predicted molar refractivity (Wildman–Crippen MR) is 80.6 cm³/mol. The summed E-state index contributed by atoms with van der Waals surface area (Å²) in [5.74, 6) is 1.14. The third kappa shape index (κ3) is 1.77. The van der Waals surface area contributed by atoms with Crippen molar-refractivity contribution in [3.63, 3.8) is 0 Å². The minimum absolute atomic E-state index is 0.00366. The van der Waals surface area contributed by atoms with Crippen molar-refractivity contribution in [2.45, 2.75) is 65.5 Å². The molecule has 3 heteroatoms. The standard InChI is InChI=1S/C18H28O3/c1-16(2)7-11-12(8-16)18(5)6-10(9-19)13(11)14-15(18)21-17(3,4)20-14/h6,11-15,19H,7-9H2,1-5H3/t11-,12+,13-,14+,15+,18+/m1/s1. The SMILES string of the molecule is CC1(C)C[C@H]2[C@H]3C(CO)=C[C@@](C)([C@H]2C1)[C@H]1OC(C)(C)O[C@@H]31. The lowest BCUT2D eigenvalue weighted by molar-refractivity contribution is -0.154. The molecule has 5 aliphatic rings. The average Bonchev–Trinajstić information content (AvgIpc) is 2.85. The van der Waals surface area contributed by atoms with E-state index < -0.39 is 5.79 Å². The van der Waals surface area contributed by atoms with Crippen LogP contribution in [0.5, 0.6) is 0 Å². The Labute approximate surface area is 127 Å². The molecule has 6 atom stereocenters. The molecule has 0 amide bonds. The van der Waals surface area contributed by atoms with Gasteiger partial charge in [-0.05, 0) is 49.5 Å². The Bertz CT molecular complexity index is 473. The highest BCUT2D eigenvalue weighted by Gasteiger charge is 2.67. The molecule has 118 valence electrons. The third-order valence-electron chi connectivity index (χ3n) is 6.54. The zero-order chi connectivity index (χ0) is 15.2. The van der Waals surface area contributed by atoms with Gasteiger partial charge in [-0.2, -0.15) is 0 Å². The molecule has 0 radical (unpaired) electrons. The van der Waals surface area contributed by atoms with Crippen LogP contribution in [0.4, 0.5) is 0 Å². The van der Waals surface area contributed by atoms with E-state index in [1.807, 2.05) is 13.8 Å². The van der Waals surface area contributed by atoms with E-state index >= 15 is 0 Å². The fraction of sp³-hybridized carbons (Fsp3) is 0.889. The number of hydrogen-bond donors (Lipinski definition) is 1. The maximum atomic E-state index is 9.86. The molecule has 1 saturated heterocycles. The highest BCUT2D eigenvalue weighted by molar-refractivity contribution is 5.32. The molecule has 0 spiro atoms. The van der Waals surface area contributed by atoms with Crippen molar-refractivity contribution in [1.82, 2.24) is 0 Å². The summed E-state index contributed by atoms with van der Waals surface area (Å²) < 4.78 is 12.6. The van der Waals surface area contributed by atoms with E-state index in [0.29, 0.717) is 23.2 Å². The second-order valence-corrected chi connectivity index (χ2v) is 9.13. The van der Waals surface area contributed by atoms with Gasteiger partial charge in [-0.1, -0.05) is 26.8 Å². The number of ether oxygens (including phenoxy) is 2. The number of aliphatic hydroxyl groups is 1. The van der Waals surface area contributed by atoms with Crippen LogP contribution in [-0.2, 0) is 9.47 Å². The van der Waals surface area contributed by atoms with Crippen molar-refractivity contribution in [2.75, 3.05) is 6.61 Å². The van der Waals surface area contributed by atoms with E-state index in [1.54, 1.807) is 0 Å². The summed E-state index contributed by atoms with van der Waals surface area (Å²) in [7, 11) is 0. The first-order valence-corrected chi connectivity index (χ1v) is 8.35. The Kier molecular flexibility index (Phi) is 2.66. The minimum atomic E-state index is -0.498. The summed E-state index contributed by atoms with van der Waals surface area (Å²) in [5, 5.41) is 9.86. The van der Waals surface area contributed by atoms with Gasteiger partial charge in [0.2, 0.25) is 0 Å². The molecule has 1 aliphatic heterocycles. The van der Waals surface area contributed by atoms with Crippen LogP contribution in [0.2, 0.25) is 0 Å². The van der Waals surface area contributed by atoms with Gasteiger partial charge in [0.25, 0.3) is 0 Å². The molecule has 0 aromatic heterocycles. The lowest BCUT2D eigenvalue weighted by Crippen LogP contribution is -2.59. The van der Waals surface area contributed by atoms with Gasteiger partial charge >= 0.3 is 0 Å². The summed E-state index contributed by atoms with van der Waals surface area (Å²) in [6, 6.07) is 0. The zero-order valence-electron chi connectivity index (χ0n) is 13.8. The molecule has 3 fully saturated rings. The Morgan fingerprint density at radius 1 is 1.14 bits per heavy atom. The van der Waals surface area contributed by atoms with E-state index in [1.165, 1.54) is 18.4 Å². The van der Waals surface area contributed by atoms with E-state index in [2.05, 4.69) is 26.8 Å². The van der Waals surface area contributed by atoms with Crippen LogP contribution in [0, 0.1) is 28.6 Å². The van der Waals surface area contributed by atoms with Gasteiger partial charge in [0.15, 0.2) is 5.79 Å². The first kappa shape index (κ1) is 14.2. The largest absolute Gasteiger partial charge is 0.392 e. The fourth-order valence-corrected chi connectivity index (χ4v) is 5.98. The number of aliphatic hydroxyl groups excluding tert-OH is 1. The summed E-state index contributed by atoms with van der Waals surface area (Å²) >= 11 is 0. The Balaban J connectivity index is 1.82. The highest BCUT2D eigenvalue weighted by atomic mass is 16.8. The maximum absolute atomic E-state index is 9.86. The topological polar surface area (TPSA) is 38.7 Å². The lowest BCUT2D eigenvalue weighted by atomic mass is 9.51. The lowest BCUT2D eigenvalue weighted by Gasteiger charge is -2.56. The van der Waals surface area contributed by atoms with Crippen molar-refractivity contribution in [3.8, 4) is 0 Å². The molecule has 3 nitrogen and oxygen atoms in total.